The number of aromatic nitrogens is 1. The zero-order chi connectivity index (χ0) is 19.8. The van der Waals surface area contributed by atoms with Gasteiger partial charge in [-0.3, -0.25) is 4.79 Å². The van der Waals surface area contributed by atoms with Gasteiger partial charge in [0.05, 0.1) is 27.4 Å². The van der Waals surface area contributed by atoms with E-state index in [0.29, 0.717) is 5.56 Å². The molecule has 0 fully saturated rings. The molecule has 27 heavy (non-hydrogen) atoms. The zero-order valence-corrected chi connectivity index (χ0v) is 16.0. The molecule has 2 rings (SSSR count). The lowest BCUT2D eigenvalue weighted by atomic mass is 10.1. The van der Waals surface area contributed by atoms with Crippen molar-refractivity contribution in [3.05, 3.63) is 65.5 Å². The summed E-state index contributed by atoms with van der Waals surface area (Å²) in [4.78, 5) is 31.8. The highest BCUT2D eigenvalue weighted by molar-refractivity contribution is 7.37. The molecule has 1 aromatic heterocycles. The van der Waals surface area contributed by atoms with Crippen LogP contribution in [-0.4, -0.2) is 34.7 Å². The minimum absolute atomic E-state index is 0.399. The largest absolute Gasteiger partial charge is 0.786 e. The standard InChI is InChI=1S/C19H23N2O5P/c1-14(26-27(24)25)18(13-22)20-19(23)17-7-5-15(6-8-17)3-4-16-9-11-21(2)12-10-16/h3-12,14,18,22,24H,13H2,1-2H3,(H,20,23)/b4-3+/t14-,18-/m0/s1. The van der Waals surface area contributed by atoms with Crippen LogP contribution in [0.1, 0.15) is 28.4 Å². The summed E-state index contributed by atoms with van der Waals surface area (Å²) in [7, 11) is -0.855. The Morgan fingerprint density at radius 2 is 1.78 bits per heavy atom. The average molecular weight is 390 g/mol. The molecule has 1 aromatic carbocycles. The highest BCUT2D eigenvalue weighted by atomic mass is 31.2. The summed E-state index contributed by atoms with van der Waals surface area (Å²) in [5, 5.41) is 12.0. The zero-order valence-electron chi connectivity index (χ0n) is 15.1. The third kappa shape index (κ3) is 6.82. The molecule has 0 saturated heterocycles. The number of aliphatic hydroxyl groups is 1. The molecule has 3 atom stereocenters. The Labute approximate surface area is 159 Å². The van der Waals surface area contributed by atoms with Crippen LogP contribution >= 0.6 is 8.60 Å². The van der Waals surface area contributed by atoms with Crippen molar-refractivity contribution in [2.75, 3.05) is 6.61 Å². The van der Waals surface area contributed by atoms with Crippen molar-refractivity contribution in [1.82, 2.24) is 5.32 Å². The van der Waals surface area contributed by atoms with E-state index in [1.807, 2.05) is 60.4 Å². The molecule has 8 heteroatoms. The van der Waals surface area contributed by atoms with Crippen LogP contribution in [0.3, 0.4) is 0 Å². The predicted molar refractivity (Wildman–Crippen MR) is 101 cm³/mol. The molecule has 2 aromatic rings. The maximum Gasteiger partial charge on any atom is 0.251 e. The molecule has 0 aliphatic carbocycles. The van der Waals surface area contributed by atoms with E-state index in [2.05, 4.69) is 5.32 Å². The molecule has 0 bridgehead atoms. The Hall–Kier alpha value is -2.15. The molecule has 1 amide bonds. The van der Waals surface area contributed by atoms with Gasteiger partial charge >= 0.3 is 0 Å². The van der Waals surface area contributed by atoms with Gasteiger partial charge < -0.3 is 24.7 Å². The second kappa shape index (κ2) is 10.3. The van der Waals surface area contributed by atoms with Crippen molar-refractivity contribution in [3.63, 3.8) is 0 Å². The van der Waals surface area contributed by atoms with Gasteiger partial charge in [0.25, 0.3) is 5.91 Å². The average Bonchev–Trinajstić information content (AvgIpc) is 2.65. The molecular formula is C19H23N2O5P. The lowest BCUT2D eigenvalue weighted by Crippen LogP contribution is -2.45. The highest BCUT2D eigenvalue weighted by Gasteiger charge is 2.20. The topological polar surface area (TPSA) is 106 Å². The highest BCUT2D eigenvalue weighted by Crippen LogP contribution is 2.23. The van der Waals surface area contributed by atoms with E-state index in [1.165, 1.54) is 6.92 Å². The van der Waals surface area contributed by atoms with E-state index in [4.69, 9.17) is 9.42 Å². The summed E-state index contributed by atoms with van der Waals surface area (Å²) in [6, 6.07) is 10.2. The first-order chi connectivity index (χ1) is 12.9. The molecule has 0 radical (unpaired) electrons. The van der Waals surface area contributed by atoms with Gasteiger partial charge in [-0.05, 0) is 30.2 Å². The van der Waals surface area contributed by atoms with E-state index in [0.717, 1.165) is 11.1 Å². The Bertz CT molecular complexity index is 763. The van der Waals surface area contributed by atoms with Gasteiger partial charge in [-0.15, -0.1) is 0 Å². The van der Waals surface area contributed by atoms with Crippen LogP contribution < -0.4 is 14.8 Å². The summed E-state index contributed by atoms with van der Waals surface area (Å²) in [5.74, 6) is -0.399. The molecule has 3 N–H and O–H groups in total. The molecule has 1 unspecified atom stereocenters. The first kappa shape index (κ1) is 21.2. The smallest absolute Gasteiger partial charge is 0.251 e. The molecule has 144 valence electrons. The van der Waals surface area contributed by atoms with Crippen molar-refractivity contribution < 1.29 is 28.8 Å². The monoisotopic (exact) mass is 390 g/mol. The second-order valence-corrected chi connectivity index (χ2v) is 6.75. The minimum Gasteiger partial charge on any atom is -0.786 e. The molecule has 0 saturated carbocycles. The van der Waals surface area contributed by atoms with Crippen molar-refractivity contribution in [3.8, 4) is 0 Å². The van der Waals surface area contributed by atoms with Gasteiger partial charge in [0.15, 0.2) is 12.4 Å². The summed E-state index contributed by atoms with van der Waals surface area (Å²) in [5.41, 5.74) is 2.42. The molecule has 0 spiro atoms. The fourth-order valence-corrected chi connectivity index (χ4v) is 2.77. The van der Waals surface area contributed by atoms with E-state index in [1.54, 1.807) is 12.1 Å². The van der Waals surface area contributed by atoms with E-state index < -0.39 is 33.3 Å². The Kier molecular flexibility index (Phi) is 8.03. The number of aryl methyl sites for hydroxylation is 1. The first-order valence-corrected chi connectivity index (χ1v) is 9.50. The summed E-state index contributed by atoms with van der Waals surface area (Å²) in [6.45, 7) is 1.09. The van der Waals surface area contributed by atoms with Crippen molar-refractivity contribution in [2.45, 2.75) is 19.1 Å². The third-order valence-corrected chi connectivity index (χ3v) is 4.49. The van der Waals surface area contributed by atoms with Gasteiger partial charge in [0.2, 0.25) is 0 Å². The number of carbonyl (C=O) groups excluding carboxylic acids is 1. The predicted octanol–water partition coefficient (Wildman–Crippen LogP) is 0.757. The molecule has 1 heterocycles. The number of carbonyl (C=O) groups is 1. The molecule has 0 aliphatic rings. The number of rotatable bonds is 8. The number of hydrogen-bond donors (Lipinski definition) is 3. The summed E-state index contributed by atoms with van der Waals surface area (Å²) < 4.78 is 6.67. The van der Waals surface area contributed by atoms with Gasteiger partial charge in [0.1, 0.15) is 7.05 Å². The van der Waals surface area contributed by atoms with Crippen LogP contribution in [0.5, 0.6) is 0 Å². The fraction of sp³-hybridized carbons (Fsp3) is 0.263. The van der Waals surface area contributed by atoms with Gasteiger partial charge in [-0.25, -0.2) is 4.57 Å². The second-order valence-electron chi connectivity index (χ2n) is 6.06. The molecular weight excluding hydrogens is 367 g/mol. The lowest BCUT2D eigenvalue weighted by molar-refractivity contribution is -0.671. The van der Waals surface area contributed by atoms with Crippen LogP contribution in [0.4, 0.5) is 0 Å². The third-order valence-electron chi connectivity index (χ3n) is 3.98. The van der Waals surface area contributed by atoms with Crippen LogP contribution in [0, 0.1) is 0 Å². The number of amides is 1. The van der Waals surface area contributed by atoms with E-state index in [9.17, 15) is 14.8 Å². The Balaban J connectivity index is 1.98. The summed E-state index contributed by atoms with van der Waals surface area (Å²) >= 11 is 0. The quantitative estimate of drug-likeness (QED) is 0.456. The first-order valence-electron chi connectivity index (χ1n) is 8.37. The number of nitrogens with one attached hydrogen (secondary N) is 1. The number of nitrogens with zero attached hydrogens (tertiary/aromatic N) is 1. The number of hydrogen-bond acceptors (Lipinski definition) is 5. The Morgan fingerprint density at radius 1 is 1.22 bits per heavy atom. The van der Waals surface area contributed by atoms with Crippen LogP contribution in [0.15, 0.2) is 48.8 Å². The SMILES string of the molecule is C[C@H](OP([O-])O)[C@H](CO)NC(=O)c1ccc(/C=C/c2cc[n+](C)cc2)cc1. The molecule has 7 nitrogen and oxygen atoms in total. The number of aliphatic hydroxyl groups excluding tert-OH is 1. The lowest BCUT2D eigenvalue weighted by Gasteiger charge is -2.27. The van der Waals surface area contributed by atoms with Crippen LogP contribution in [0.2, 0.25) is 0 Å². The fourth-order valence-electron chi connectivity index (χ4n) is 2.34. The summed E-state index contributed by atoms with van der Waals surface area (Å²) in [6.07, 6.45) is 7.04. The van der Waals surface area contributed by atoms with E-state index in [-0.39, 0.29) is 0 Å². The Morgan fingerprint density at radius 3 is 2.30 bits per heavy atom. The molecule has 0 aliphatic heterocycles. The maximum absolute atomic E-state index is 12.3. The van der Waals surface area contributed by atoms with Crippen molar-refractivity contribution in [1.29, 1.82) is 0 Å². The van der Waals surface area contributed by atoms with Crippen molar-refractivity contribution in [2.24, 2.45) is 7.05 Å². The number of benzene rings is 1. The maximum atomic E-state index is 12.3. The number of pyridine rings is 1. The van der Waals surface area contributed by atoms with Gasteiger partial charge in [-0.2, -0.15) is 0 Å². The van der Waals surface area contributed by atoms with Gasteiger partial charge in [0, 0.05) is 17.7 Å². The minimum atomic E-state index is -2.81. The van der Waals surface area contributed by atoms with Crippen LogP contribution in [0.25, 0.3) is 12.2 Å². The van der Waals surface area contributed by atoms with Gasteiger partial charge in [-0.1, -0.05) is 24.3 Å². The van der Waals surface area contributed by atoms with Crippen LogP contribution in [-0.2, 0) is 11.6 Å². The van der Waals surface area contributed by atoms with Crippen molar-refractivity contribution >= 4 is 26.7 Å². The normalized spacial score (nSPS) is 14.7. The van der Waals surface area contributed by atoms with E-state index >= 15 is 0 Å².